The normalized spacial score (nSPS) is 33.1. The Balaban J connectivity index is 2.90. The monoisotopic (exact) mass is 192 g/mol. The SMILES string of the molecule is CCC=CC1(C=O)CCC(C)=CC1C. The maximum atomic E-state index is 11.2. The summed E-state index contributed by atoms with van der Waals surface area (Å²) >= 11 is 0. The molecule has 0 radical (unpaired) electrons. The Morgan fingerprint density at radius 1 is 1.64 bits per heavy atom. The third-order valence-electron chi connectivity index (χ3n) is 3.22. The molecular formula is C13H20O. The van der Waals surface area contributed by atoms with Crippen LogP contribution in [-0.4, -0.2) is 6.29 Å². The molecule has 0 N–H and O–H groups in total. The summed E-state index contributed by atoms with van der Waals surface area (Å²) in [4.78, 5) is 11.2. The molecule has 1 heteroatoms. The van der Waals surface area contributed by atoms with Gasteiger partial charge in [-0.25, -0.2) is 0 Å². The minimum atomic E-state index is -0.227. The molecule has 0 bridgehead atoms. The standard InChI is InChI=1S/C13H20O/c1-4-5-7-13(10-14)8-6-11(2)9-12(13)3/h5,7,9-10,12H,4,6,8H2,1-3H3. The predicted molar refractivity (Wildman–Crippen MR) is 60.1 cm³/mol. The summed E-state index contributed by atoms with van der Waals surface area (Å²) in [5, 5.41) is 0. The van der Waals surface area contributed by atoms with Gasteiger partial charge in [-0.2, -0.15) is 0 Å². The maximum Gasteiger partial charge on any atom is 0.130 e. The lowest BCUT2D eigenvalue weighted by molar-refractivity contribution is -0.115. The summed E-state index contributed by atoms with van der Waals surface area (Å²) < 4.78 is 0. The minimum Gasteiger partial charge on any atom is -0.302 e. The van der Waals surface area contributed by atoms with Crippen LogP contribution >= 0.6 is 0 Å². The van der Waals surface area contributed by atoms with Crippen LogP contribution in [0, 0.1) is 11.3 Å². The van der Waals surface area contributed by atoms with Crippen LogP contribution in [0.2, 0.25) is 0 Å². The molecule has 1 aliphatic carbocycles. The summed E-state index contributed by atoms with van der Waals surface area (Å²) in [7, 11) is 0. The van der Waals surface area contributed by atoms with E-state index in [2.05, 4.69) is 39.0 Å². The Bertz CT molecular complexity index is 262. The van der Waals surface area contributed by atoms with Crippen molar-refractivity contribution < 1.29 is 4.79 Å². The van der Waals surface area contributed by atoms with Crippen LogP contribution in [0.25, 0.3) is 0 Å². The van der Waals surface area contributed by atoms with Gasteiger partial charge in [-0.05, 0) is 32.1 Å². The molecule has 2 unspecified atom stereocenters. The van der Waals surface area contributed by atoms with Gasteiger partial charge in [0.25, 0.3) is 0 Å². The molecule has 0 aromatic rings. The van der Waals surface area contributed by atoms with Gasteiger partial charge in [0.1, 0.15) is 6.29 Å². The van der Waals surface area contributed by atoms with Gasteiger partial charge in [0.2, 0.25) is 0 Å². The van der Waals surface area contributed by atoms with Crippen LogP contribution in [0.5, 0.6) is 0 Å². The third-order valence-corrected chi connectivity index (χ3v) is 3.22. The molecule has 0 heterocycles. The molecule has 0 aliphatic heterocycles. The van der Waals surface area contributed by atoms with Crippen molar-refractivity contribution in [2.75, 3.05) is 0 Å². The predicted octanol–water partition coefficient (Wildman–Crippen LogP) is 3.51. The summed E-state index contributed by atoms with van der Waals surface area (Å²) in [6, 6.07) is 0. The highest BCUT2D eigenvalue weighted by Crippen LogP contribution is 2.39. The summed E-state index contributed by atoms with van der Waals surface area (Å²) in [6.07, 6.45) is 10.6. The largest absolute Gasteiger partial charge is 0.302 e. The fourth-order valence-corrected chi connectivity index (χ4v) is 2.08. The van der Waals surface area contributed by atoms with E-state index in [0.717, 1.165) is 25.5 Å². The Hall–Kier alpha value is -0.850. The summed E-state index contributed by atoms with van der Waals surface area (Å²) in [6.45, 7) is 6.38. The van der Waals surface area contributed by atoms with E-state index in [0.29, 0.717) is 5.92 Å². The van der Waals surface area contributed by atoms with Crippen LogP contribution in [-0.2, 0) is 4.79 Å². The Kier molecular flexibility index (Phi) is 3.68. The van der Waals surface area contributed by atoms with Gasteiger partial charge in [0.05, 0.1) is 5.41 Å². The van der Waals surface area contributed by atoms with Crippen molar-refractivity contribution in [3.63, 3.8) is 0 Å². The zero-order valence-electron chi connectivity index (χ0n) is 9.42. The van der Waals surface area contributed by atoms with Crippen molar-refractivity contribution in [2.24, 2.45) is 11.3 Å². The van der Waals surface area contributed by atoms with E-state index in [1.807, 2.05) is 0 Å². The molecule has 1 rings (SSSR count). The summed E-state index contributed by atoms with van der Waals surface area (Å²) in [5.74, 6) is 0.344. The molecule has 78 valence electrons. The van der Waals surface area contributed by atoms with E-state index in [-0.39, 0.29) is 5.41 Å². The minimum absolute atomic E-state index is 0.227. The fraction of sp³-hybridized carbons (Fsp3) is 0.615. The zero-order chi connectivity index (χ0) is 10.6. The van der Waals surface area contributed by atoms with Crippen molar-refractivity contribution in [3.8, 4) is 0 Å². The number of rotatable bonds is 3. The van der Waals surface area contributed by atoms with Gasteiger partial charge < -0.3 is 4.79 Å². The van der Waals surface area contributed by atoms with Crippen LogP contribution in [0.1, 0.15) is 40.0 Å². The average Bonchev–Trinajstić information content (AvgIpc) is 2.18. The second kappa shape index (κ2) is 4.59. The first-order chi connectivity index (χ1) is 6.64. The van der Waals surface area contributed by atoms with E-state index in [1.165, 1.54) is 5.57 Å². The van der Waals surface area contributed by atoms with Crippen molar-refractivity contribution in [1.82, 2.24) is 0 Å². The first-order valence-electron chi connectivity index (χ1n) is 5.46. The molecule has 0 amide bonds. The molecule has 1 aliphatic rings. The molecule has 0 aromatic heterocycles. The number of carbonyl (C=O) groups is 1. The van der Waals surface area contributed by atoms with Gasteiger partial charge >= 0.3 is 0 Å². The highest BCUT2D eigenvalue weighted by atomic mass is 16.1. The van der Waals surface area contributed by atoms with E-state index in [9.17, 15) is 4.79 Å². The van der Waals surface area contributed by atoms with Crippen molar-refractivity contribution in [1.29, 1.82) is 0 Å². The molecule has 0 spiro atoms. The lowest BCUT2D eigenvalue weighted by Gasteiger charge is -2.34. The second-order valence-electron chi connectivity index (χ2n) is 4.34. The fourth-order valence-electron chi connectivity index (χ4n) is 2.08. The van der Waals surface area contributed by atoms with Crippen LogP contribution < -0.4 is 0 Å². The smallest absolute Gasteiger partial charge is 0.130 e. The molecule has 0 saturated carbocycles. The second-order valence-corrected chi connectivity index (χ2v) is 4.34. The number of hydrogen-bond donors (Lipinski definition) is 0. The molecule has 0 aromatic carbocycles. The quantitative estimate of drug-likeness (QED) is 0.494. The first-order valence-corrected chi connectivity index (χ1v) is 5.46. The Labute approximate surface area is 86.9 Å². The lowest BCUT2D eigenvalue weighted by atomic mass is 9.69. The van der Waals surface area contributed by atoms with Crippen LogP contribution in [0.3, 0.4) is 0 Å². The highest BCUT2D eigenvalue weighted by molar-refractivity contribution is 5.64. The van der Waals surface area contributed by atoms with Gasteiger partial charge in [-0.15, -0.1) is 0 Å². The highest BCUT2D eigenvalue weighted by Gasteiger charge is 2.34. The van der Waals surface area contributed by atoms with E-state index in [4.69, 9.17) is 0 Å². The van der Waals surface area contributed by atoms with E-state index >= 15 is 0 Å². The molecule has 1 nitrogen and oxygen atoms in total. The molecular weight excluding hydrogens is 172 g/mol. The third kappa shape index (κ3) is 2.14. The number of aldehydes is 1. The van der Waals surface area contributed by atoms with Crippen molar-refractivity contribution >= 4 is 6.29 Å². The van der Waals surface area contributed by atoms with E-state index in [1.54, 1.807) is 0 Å². The van der Waals surface area contributed by atoms with E-state index < -0.39 is 0 Å². The van der Waals surface area contributed by atoms with Gasteiger partial charge in [0, 0.05) is 0 Å². The van der Waals surface area contributed by atoms with Crippen molar-refractivity contribution in [2.45, 2.75) is 40.0 Å². The molecule has 14 heavy (non-hydrogen) atoms. The number of allylic oxidation sites excluding steroid dienone is 4. The number of hydrogen-bond acceptors (Lipinski definition) is 1. The molecule has 2 atom stereocenters. The van der Waals surface area contributed by atoms with Crippen LogP contribution in [0.4, 0.5) is 0 Å². The number of carbonyl (C=O) groups excluding carboxylic acids is 1. The Morgan fingerprint density at radius 3 is 2.86 bits per heavy atom. The van der Waals surface area contributed by atoms with Crippen molar-refractivity contribution in [3.05, 3.63) is 23.8 Å². The zero-order valence-corrected chi connectivity index (χ0v) is 9.42. The molecule has 0 fully saturated rings. The topological polar surface area (TPSA) is 17.1 Å². The molecule has 0 saturated heterocycles. The Morgan fingerprint density at radius 2 is 2.36 bits per heavy atom. The van der Waals surface area contributed by atoms with Gasteiger partial charge in [-0.3, -0.25) is 0 Å². The van der Waals surface area contributed by atoms with Gasteiger partial charge in [-0.1, -0.05) is 37.6 Å². The average molecular weight is 192 g/mol. The summed E-state index contributed by atoms with van der Waals surface area (Å²) in [5.41, 5.74) is 1.19. The first kappa shape index (κ1) is 11.2. The lowest BCUT2D eigenvalue weighted by Crippen LogP contribution is -2.30. The van der Waals surface area contributed by atoms with Gasteiger partial charge in [0.15, 0.2) is 0 Å². The maximum absolute atomic E-state index is 11.2. The van der Waals surface area contributed by atoms with Crippen LogP contribution in [0.15, 0.2) is 23.8 Å².